The van der Waals surface area contributed by atoms with Gasteiger partial charge in [-0.25, -0.2) is 15.0 Å². The molecule has 0 bridgehead atoms. The Hall–Kier alpha value is -4.13. The van der Waals surface area contributed by atoms with E-state index in [0.29, 0.717) is 12.1 Å². The smallest absolute Gasteiger partial charge is 0.417 e. The van der Waals surface area contributed by atoms with Gasteiger partial charge in [0.1, 0.15) is 17.5 Å². The molecule has 0 aliphatic heterocycles. The summed E-state index contributed by atoms with van der Waals surface area (Å²) in [6.45, 7) is 0.406. The number of methoxy groups -OCH3 is 1. The second kappa shape index (κ2) is 7.95. The normalized spacial score (nSPS) is 11.3. The number of aromatic amines is 1. The van der Waals surface area contributed by atoms with E-state index >= 15 is 0 Å². The maximum Gasteiger partial charge on any atom is 0.417 e. The fourth-order valence-electron chi connectivity index (χ4n) is 3.03. The van der Waals surface area contributed by atoms with Crippen LogP contribution in [0.2, 0.25) is 0 Å². The summed E-state index contributed by atoms with van der Waals surface area (Å²) in [6.07, 6.45) is -0.965. The predicted molar refractivity (Wildman–Crippen MR) is 107 cm³/mol. The van der Waals surface area contributed by atoms with E-state index in [0.717, 1.165) is 23.6 Å². The summed E-state index contributed by atoms with van der Waals surface area (Å²) in [4.78, 5) is 15.2. The van der Waals surface area contributed by atoms with Crippen LogP contribution in [-0.4, -0.2) is 27.0 Å². The van der Waals surface area contributed by atoms with Crippen LogP contribution in [0.15, 0.2) is 48.9 Å². The zero-order valence-electron chi connectivity index (χ0n) is 16.2. The van der Waals surface area contributed by atoms with Crippen molar-refractivity contribution in [2.75, 3.05) is 12.4 Å². The summed E-state index contributed by atoms with van der Waals surface area (Å²) in [5.41, 5.74) is 1.00. The number of H-pyrrole nitrogens is 1. The second-order valence-electron chi connectivity index (χ2n) is 6.59. The summed E-state index contributed by atoms with van der Waals surface area (Å²) in [6, 6.07) is 10.4. The number of alkyl halides is 3. The van der Waals surface area contributed by atoms with Gasteiger partial charge in [0.15, 0.2) is 0 Å². The molecule has 0 fully saturated rings. The predicted octanol–water partition coefficient (Wildman–Crippen LogP) is 4.53. The molecule has 156 valence electrons. The molecule has 4 aromatic rings. The molecule has 0 spiro atoms. The third-order valence-corrected chi connectivity index (χ3v) is 4.63. The molecule has 0 aliphatic rings. The van der Waals surface area contributed by atoms with Crippen molar-refractivity contribution in [3.05, 3.63) is 65.6 Å². The molecule has 0 saturated carbocycles. The minimum absolute atomic E-state index is 0.133. The molecule has 1 aromatic carbocycles. The number of aromatic nitrogens is 4. The number of hydrogen-bond donors (Lipinski definition) is 2. The molecule has 10 heteroatoms. The highest BCUT2D eigenvalue weighted by Gasteiger charge is 2.31. The highest BCUT2D eigenvalue weighted by atomic mass is 19.4. The first-order valence-corrected chi connectivity index (χ1v) is 9.07. The van der Waals surface area contributed by atoms with Crippen molar-refractivity contribution >= 4 is 17.0 Å². The highest BCUT2D eigenvalue weighted by molar-refractivity contribution is 5.94. The molecule has 0 radical (unpaired) electrons. The lowest BCUT2D eigenvalue weighted by Crippen LogP contribution is -2.06. The lowest BCUT2D eigenvalue weighted by molar-refractivity contribution is -0.137. The average molecular weight is 424 g/mol. The van der Waals surface area contributed by atoms with Crippen molar-refractivity contribution in [3.63, 3.8) is 0 Å². The quantitative estimate of drug-likeness (QED) is 0.488. The Kier molecular flexibility index (Phi) is 5.17. The molecular weight excluding hydrogens is 409 g/mol. The number of pyridine rings is 1. The van der Waals surface area contributed by atoms with Gasteiger partial charge in [-0.3, -0.25) is 0 Å². The first-order chi connectivity index (χ1) is 14.9. The van der Waals surface area contributed by atoms with Crippen LogP contribution in [0.4, 0.5) is 19.1 Å². The molecule has 31 heavy (non-hydrogen) atoms. The molecule has 0 atom stereocenters. The van der Waals surface area contributed by atoms with Gasteiger partial charge in [-0.15, -0.1) is 0 Å². The molecule has 0 saturated heterocycles. The number of fused-ring (bicyclic) bond motifs is 1. The highest BCUT2D eigenvalue weighted by Crippen LogP contribution is 2.34. The lowest BCUT2D eigenvalue weighted by Gasteiger charge is -2.09. The topological polar surface area (TPSA) is 99.5 Å². The molecular formula is C21H15F3N6O. The van der Waals surface area contributed by atoms with Crippen LogP contribution in [0.3, 0.4) is 0 Å². The Morgan fingerprint density at radius 1 is 1.16 bits per heavy atom. The Morgan fingerprint density at radius 3 is 2.61 bits per heavy atom. The minimum atomic E-state index is -4.54. The zero-order chi connectivity index (χ0) is 22.0. The van der Waals surface area contributed by atoms with Crippen molar-refractivity contribution in [3.8, 4) is 23.1 Å². The fraction of sp³-hybridized carbons (Fsp3) is 0.143. The largest absolute Gasteiger partial charge is 0.497 e. The molecule has 0 unspecified atom stereocenters. The van der Waals surface area contributed by atoms with Crippen molar-refractivity contribution in [1.29, 1.82) is 5.26 Å². The van der Waals surface area contributed by atoms with Crippen LogP contribution in [0.1, 0.15) is 16.7 Å². The number of nitriles is 1. The summed E-state index contributed by atoms with van der Waals surface area (Å²) >= 11 is 0. The van der Waals surface area contributed by atoms with Crippen LogP contribution < -0.4 is 10.1 Å². The van der Waals surface area contributed by atoms with Crippen molar-refractivity contribution < 1.29 is 17.9 Å². The molecule has 2 N–H and O–H groups in total. The first kappa shape index (κ1) is 20.2. The number of nitrogens with one attached hydrogen (secondary N) is 2. The van der Waals surface area contributed by atoms with Crippen molar-refractivity contribution in [2.45, 2.75) is 12.7 Å². The summed E-state index contributed by atoms with van der Waals surface area (Å²) < 4.78 is 44.5. The number of benzene rings is 1. The molecule has 3 heterocycles. The van der Waals surface area contributed by atoms with Gasteiger partial charge in [-0.05, 0) is 23.8 Å². The molecule has 3 aromatic heterocycles. The summed E-state index contributed by atoms with van der Waals surface area (Å²) in [5, 5.41) is 12.7. The monoisotopic (exact) mass is 424 g/mol. The van der Waals surface area contributed by atoms with E-state index in [1.54, 1.807) is 7.11 Å². The van der Waals surface area contributed by atoms with Gasteiger partial charge in [-0.2, -0.15) is 18.4 Å². The molecule has 0 aliphatic carbocycles. The van der Waals surface area contributed by atoms with Crippen LogP contribution in [0.25, 0.3) is 22.3 Å². The second-order valence-corrected chi connectivity index (χ2v) is 6.59. The SMILES string of the molecule is COc1ccc(CNc2ncc(C#N)c(-c3c[nH]c4ncc(C(F)(F)F)cc34)n2)cc1. The number of hydrogen-bond acceptors (Lipinski definition) is 6. The molecule has 4 rings (SSSR count). The number of rotatable bonds is 5. The van der Waals surface area contributed by atoms with E-state index in [1.807, 2.05) is 30.3 Å². The van der Waals surface area contributed by atoms with Gasteiger partial charge in [0.05, 0.1) is 30.1 Å². The Labute approximate surface area is 174 Å². The van der Waals surface area contributed by atoms with Crippen molar-refractivity contribution in [1.82, 2.24) is 19.9 Å². The standard InChI is InChI=1S/C21H15F3N6O/c1-31-15-4-2-12(3-5-15)8-28-20-29-9-13(7-25)18(30-20)17-11-27-19-16(17)6-14(10-26-19)21(22,23)24/h2-6,9-11H,8H2,1H3,(H,26,27)(H,28,29,30). The van der Waals surface area contributed by atoms with Crippen LogP contribution in [0, 0.1) is 11.3 Å². The van der Waals surface area contributed by atoms with E-state index in [-0.39, 0.29) is 28.2 Å². The maximum absolute atomic E-state index is 13.1. The molecule has 7 nitrogen and oxygen atoms in total. The fourth-order valence-corrected chi connectivity index (χ4v) is 3.03. The Balaban J connectivity index is 1.68. The minimum Gasteiger partial charge on any atom is -0.497 e. The number of anilines is 1. The van der Waals surface area contributed by atoms with Gasteiger partial charge in [0, 0.05) is 29.9 Å². The van der Waals surface area contributed by atoms with E-state index < -0.39 is 11.7 Å². The van der Waals surface area contributed by atoms with Gasteiger partial charge < -0.3 is 15.0 Å². The zero-order valence-corrected chi connectivity index (χ0v) is 16.2. The van der Waals surface area contributed by atoms with Gasteiger partial charge in [0.25, 0.3) is 0 Å². The number of ether oxygens (including phenoxy) is 1. The Bertz CT molecular complexity index is 1280. The third-order valence-electron chi connectivity index (χ3n) is 4.63. The lowest BCUT2D eigenvalue weighted by atomic mass is 10.1. The number of nitrogens with zero attached hydrogens (tertiary/aromatic N) is 4. The molecule has 0 amide bonds. The van der Waals surface area contributed by atoms with E-state index in [4.69, 9.17) is 4.74 Å². The average Bonchev–Trinajstić information content (AvgIpc) is 3.20. The summed E-state index contributed by atoms with van der Waals surface area (Å²) in [7, 11) is 1.58. The number of halogens is 3. The van der Waals surface area contributed by atoms with Gasteiger partial charge in [0.2, 0.25) is 5.95 Å². The van der Waals surface area contributed by atoms with Crippen molar-refractivity contribution in [2.24, 2.45) is 0 Å². The van der Waals surface area contributed by atoms with Crippen LogP contribution >= 0.6 is 0 Å². The third kappa shape index (κ3) is 4.11. The first-order valence-electron chi connectivity index (χ1n) is 9.07. The van der Waals surface area contributed by atoms with Gasteiger partial charge in [-0.1, -0.05) is 12.1 Å². The van der Waals surface area contributed by atoms with Gasteiger partial charge >= 0.3 is 6.18 Å². The summed E-state index contributed by atoms with van der Waals surface area (Å²) in [5.74, 6) is 0.964. The van der Waals surface area contributed by atoms with Crippen LogP contribution in [-0.2, 0) is 12.7 Å². The van der Waals surface area contributed by atoms with E-state index in [9.17, 15) is 18.4 Å². The van der Waals surface area contributed by atoms with E-state index in [1.165, 1.54) is 12.4 Å². The van der Waals surface area contributed by atoms with Crippen LogP contribution in [0.5, 0.6) is 5.75 Å². The Morgan fingerprint density at radius 2 is 1.94 bits per heavy atom. The van der Waals surface area contributed by atoms with E-state index in [2.05, 4.69) is 25.3 Å². The maximum atomic E-state index is 13.1.